The van der Waals surface area contributed by atoms with Gasteiger partial charge in [0.2, 0.25) is 0 Å². The zero-order valence-corrected chi connectivity index (χ0v) is 11.2. The quantitative estimate of drug-likeness (QED) is 0.896. The van der Waals surface area contributed by atoms with Gasteiger partial charge in [0.1, 0.15) is 0 Å². The molecule has 0 saturated heterocycles. The van der Waals surface area contributed by atoms with Gasteiger partial charge in [0, 0.05) is 16.8 Å². The van der Waals surface area contributed by atoms with Gasteiger partial charge >= 0.3 is 0 Å². The summed E-state index contributed by atoms with van der Waals surface area (Å²) in [7, 11) is 0. The molecule has 4 heteroatoms. The van der Waals surface area contributed by atoms with Crippen molar-refractivity contribution in [2.75, 3.05) is 6.54 Å². The molecule has 0 spiro atoms. The van der Waals surface area contributed by atoms with Gasteiger partial charge in [0.25, 0.3) is 0 Å². The summed E-state index contributed by atoms with van der Waals surface area (Å²) in [6.07, 6.45) is 0. The molecular weight excluding hydrogens is 252 g/mol. The SMILES string of the molecule is CC(C)(CN)c1csc(-c2ccc(F)c(F)c2)c1. The summed E-state index contributed by atoms with van der Waals surface area (Å²) in [6.45, 7) is 4.66. The fourth-order valence-electron chi connectivity index (χ4n) is 1.61. The Bertz CT molecular complexity index is 561. The van der Waals surface area contributed by atoms with E-state index in [1.54, 1.807) is 6.07 Å². The average Bonchev–Trinajstić information content (AvgIpc) is 2.83. The summed E-state index contributed by atoms with van der Waals surface area (Å²) < 4.78 is 26.1. The van der Waals surface area contributed by atoms with Crippen LogP contribution in [0.2, 0.25) is 0 Å². The fourth-order valence-corrected chi connectivity index (χ4v) is 2.71. The third-order valence-electron chi connectivity index (χ3n) is 3.10. The van der Waals surface area contributed by atoms with Crippen molar-refractivity contribution in [3.05, 3.63) is 46.8 Å². The van der Waals surface area contributed by atoms with Gasteiger partial charge in [0.05, 0.1) is 0 Å². The van der Waals surface area contributed by atoms with E-state index < -0.39 is 11.6 Å². The Hall–Kier alpha value is -1.26. The van der Waals surface area contributed by atoms with Gasteiger partial charge in [0.15, 0.2) is 11.6 Å². The normalized spacial score (nSPS) is 11.8. The maximum Gasteiger partial charge on any atom is 0.159 e. The van der Waals surface area contributed by atoms with Gasteiger partial charge in [-0.05, 0) is 34.7 Å². The number of benzene rings is 1. The molecule has 0 unspecified atom stereocenters. The Kier molecular flexibility index (Phi) is 3.50. The van der Waals surface area contributed by atoms with Crippen LogP contribution < -0.4 is 5.73 Å². The monoisotopic (exact) mass is 267 g/mol. The summed E-state index contributed by atoms with van der Waals surface area (Å²) in [5, 5.41) is 2.02. The van der Waals surface area contributed by atoms with Crippen molar-refractivity contribution in [1.82, 2.24) is 0 Å². The highest BCUT2D eigenvalue weighted by Gasteiger charge is 2.20. The highest BCUT2D eigenvalue weighted by atomic mass is 32.1. The predicted octanol–water partition coefficient (Wildman–Crippen LogP) is 3.93. The molecule has 0 aliphatic rings. The van der Waals surface area contributed by atoms with Gasteiger partial charge in [-0.3, -0.25) is 0 Å². The van der Waals surface area contributed by atoms with Crippen LogP contribution in [0, 0.1) is 11.6 Å². The molecule has 1 heterocycles. The molecule has 2 aromatic rings. The number of thiophene rings is 1. The number of rotatable bonds is 3. The van der Waals surface area contributed by atoms with Gasteiger partial charge < -0.3 is 5.73 Å². The van der Waals surface area contributed by atoms with Crippen LogP contribution in [-0.4, -0.2) is 6.54 Å². The molecule has 18 heavy (non-hydrogen) atoms. The van der Waals surface area contributed by atoms with Crippen LogP contribution in [0.25, 0.3) is 10.4 Å². The Morgan fingerprint density at radius 2 is 1.89 bits per heavy atom. The molecule has 1 nitrogen and oxygen atoms in total. The van der Waals surface area contributed by atoms with Crippen LogP contribution in [0.1, 0.15) is 19.4 Å². The number of halogens is 2. The molecule has 0 aliphatic heterocycles. The molecule has 0 bridgehead atoms. The minimum atomic E-state index is -0.821. The van der Waals surface area contributed by atoms with Crippen molar-refractivity contribution in [2.24, 2.45) is 5.73 Å². The van der Waals surface area contributed by atoms with Gasteiger partial charge in [-0.15, -0.1) is 11.3 Å². The lowest BCUT2D eigenvalue weighted by atomic mass is 9.86. The maximum atomic E-state index is 13.2. The number of hydrogen-bond acceptors (Lipinski definition) is 2. The van der Waals surface area contributed by atoms with Crippen LogP contribution in [0.15, 0.2) is 29.6 Å². The predicted molar refractivity (Wildman–Crippen MR) is 71.8 cm³/mol. The minimum Gasteiger partial charge on any atom is -0.330 e. The van der Waals surface area contributed by atoms with E-state index in [1.165, 1.54) is 17.4 Å². The molecule has 0 radical (unpaired) electrons. The molecule has 1 aromatic heterocycles. The van der Waals surface area contributed by atoms with Crippen molar-refractivity contribution in [3.8, 4) is 10.4 Å². The molecule has 0 fully saturated rings. The second-order valence-corrected chi connectivity index (χ2v) is 5.83. The first-order chi connectivity index (χ1) is 8.44. The van der Waals surface area contributed by atoms with Crippen LogP contribution in [0.5, 0.6) is 0 Å². The summed E-state index contributed by atoms with van der Waals surface area (Å²) in [5.74, 6) is -1.64. The lowest BCUT2D eigenvalue weighted by molar-refractivity contribution is 0.509. The van der Waals surface area contributed by atoms with Crippen LogP contribution in [0.3, 0.4) is 0 Å². The van der Waals surface area contributed by atoms with E-state index in [1.807, 2.05) is 11.4 Å². The molecule has 1 aromatic carbocycles. The Morgan fingerprint density at radius 3 is 2.50 bits per heavy atom. The summed E-state index contributed by atoms with van der Waals surface area (Å²) in [4.78, 5) is 0.922. The molecule has 2 N–H and O–H groups in total. The highest BCUT2D eigenvalue weighted by Crippen LogP contribution is 2.33. The minimum absolute atomic E-state index is 0.104. The van der Waals surface area contributed by atoms with Crippen molar-refractivity contribution < 1.29 is 8.78 Å². The first-order valence-electron chi connectivity index (χ1n) is 5.68. The third-order valence-corrected chi connectivity index (χ3v) is 4.07. The Morgan fingerprint density at radius 1 is 1.17 bits per heavy atom. The number of hydrogen-bond donors (Lipinski definition) is 1. The fraction of sp³-hybridized carbons (Fsp3) is 0.286. The number of nitrogens with two attached hydrogens (primary N) is 1. The van der Waals surface area contributed by atoms with Crippen LogP contribution >= 0.6 is 11.3 Å². The lowest BCUT2D eigenvalue weighted by Gasteiger charge is -2.20. The average molecular weight is 267 g/mol. The lowest BCUT2D eigenvalue weighted by Crippen LogP contribution is -2.27. The van der Waals surface area contributed by atoms with Gasteiger partial charge in [-0.25, -0.2) is 8.78 Å². The van der Waals surface area contributed by atoms with E-state index in [-0.39, 0.29) is 5.41 Å². The zero-order valence-electron chi connectivity index (χ0n) is 10.3. The largest absolute Gasteiger partial charge is 0.330 e. The van der Waals surface area contributed by atoms with E-state index in [2.05, 4.69) is 13.8 Å². The van der Waals surface area contributed by atoms with E-state index >= 15 is 0 Å². The second kappa shape index (κ2) is 4.78. The van der Waals surface area contributed by atoms with Crippen LogP contribution in [0.4, 0.5) is 8.78 Å². The summed E-state index contributed by atoms with van der Waals surface area (Å²) in [6, 6.07) is 5.95. The van der Waals surface area contributed by atoms with E-state index in [9.17, 15) is 8.78 Å². The Balaban J connectivity index is 2.38. The maximum absolute atomic E-state index is 13.2. The van der Waals surface area contributed by atoms with Crippen molar-refractivity contribution in [2.45, 2.75) is 19.3 Å². The first kappa shape index (κ1) is 13.2. The van der Waals surface area contributed by atoms with E-state index in [4.69, 9.17) is 5.73 Å². The third kappa shape index (κ3) is 2.44. The summed E-state index contributed by atoms with van der Waals surface area (Å²) >= 11 is 1.51. The van der Waals surface area contributed by atoms with Gasteiger partial charge in [-0.1, -0.05) is 19.9 Å². The van der Waals surface area contributed by atoms with Crippen LogP contribution in [-0.2, 0) is 5.41 Å². The molecule has 0 aliphatic carbocycles. The van der Waals surface area contributed by atoms with Gasteiger partial charge in [-0.2, -0.15) is 0 Å². The Labute approximate surface area is 109 Å². The van der Waals surface area contributed by atoms with Crippen molar-refractivity contribution in [1.29, 1.82) is 0 Å². The first-order valence-corrected chi connectivity index (χ1v) is 6.56. The molecular formula is C14H15F2NS. The van der Waals surface area contributed by atoms with Crippen molar-refractivity contribution >= 4 is 11.3 Å². The second-order valence-electron chi connectivity index (χ2n) is 4.92. The molecule has 2 rings (SSSR count). The highest BCUT2D eigenvalue weighted by molar-refractivity contribution is 7.13. The van der Waals surface area contributed by atoms with E-state index in [0.717, 1.165) is 16.5 Å². The molecule has 0 saturated carbocycles. The molecule has 96 valence electrons. The molecule has 0 amide bonds. The van der Waals surface area contributed by atoms with Crippen molar-refractivity contribution in [3.63, 3.8) is 0 Å². The molecule has 0 atom stereocenters. The smallest absolute Gasteiger partial charge is 0.159 e. The van der Waals surface area contributed by atoms with E-state index in [0.29, 0.717) is 12.1 Å². The zero-order chi connectivity index (χ0) is 13.3. The standard InChI is InChI=1S/C14H15F2NS/c1-14(2,8-17)10-6-13(18-7-10)9-3-4-11(15)12(16)5-9/h3-7H,8,17H2,1-2H3. The topological polar surface area (TPSA) is 26.0 Å². The summed E-state index contributed by atoms with van der Waals surface area (Å²) in [5.41, 5.74) is 7.43.